The number of fused-ring (bicyclic) bond motifs is 3. The summed E-state index contributed by atoms with van der Waals surface area (Å²) in [4.78, 5) is 25.9. The number of amides is 2. The molecule has 84 valence electrons. The second-order valence-electron chi connectivity index (χ2n) is 3.50. The van der Waals surface area contributed by atoms with Gasteiger partial charge in [-0.05, 0) is 12.1 Å². The molecule has 0 spiro atoms. The van der Waals surface area contributed by atoms with Gasteiger partial charge in [0.05, 0.1) is 10.6 Å². The normalized spacial score (nSPS) is 14.5. The zero-order chi connectivity index (χ0) is 12.2. The van der Waals surface area contributed by atoms with Gasteiger partial charge in [-0.15, -0.1) is 10.2 Å². The quantitative estimate of drug-likeness (QED) is 0.796. The van der Waals surface area contributed by atoms with Crippen LogP contribution in [0.3, 0.4) is 0 Å². The Bertz CT molecular complexity index is 718. The number of carbonyl (C=O) groups is 2. The molecule has 0 bridgehead atoms. The van der Waals surface area contributed by atoms with Crippen LogP contribution in [0.25, 0.3) is 10.9 Å². The van der Waals surface area contributed by atoms with Crippen LogP contribution in [0, 0.1) is 0 Å². The third-order valence-corrected chi connectivity index (χ3v) is 2.99. The number of benzene rings is 1. The number of aromatic amines is 1. The Kier molecular flexibility index (Phi) is 2.08. The van der Waals surface area contributed by atoms with Gasteiger partial charge in [0.1, 0.15) is 5.69 Å². The van der Waals surface area contributed by atoms with Crippen molar-refractivity contribution < 1.29 is 9.59 Å². The van der Waals surface area contributed by atoms with Gasteiger partial charge >= 0.3 is 5.91 Å². The minimum atomic E-state index is -0.594. The van der Waals surface area contributed by atoms with Crippen molar-refractivity contribution in [2.45, 2.75) is 0 Å². The van der Waals surface area contributed by atoms with Gasteiger partial charge < -0.3 is 4.98 Å². The molecule has 1 aliphatic rings. The molecule has 3 rings (SSSR count). The molecule has 2 amide bonds. The molecular weight excluding hydrogens is 265 g/mol. The predicted octanol–water partition coefficient (Wildman–Crippen LogP) is 3.22. The number of hydrogen-bond donors (Lipinski definition) is 1. The second kappa shape index (κ2) is 3.38. The van der Waals surface area contributed by atoms with Gasteiger partial charge in [0.2, 0.25) is 0 Å². The van der Waals surface area contributed by atoms with Crippen molar-refractivity contribution >= 4 is 45.9 Å². The van der Waals surface area contributed by atoms with Gasteiger partial charge in [0.15, 0.2) is 0 Å². The van der Waals surface area contributed by atoms with E-state index in [1.165, 1.54) is 6.07 Å². The van der Waals surface area contributed by atoms with Gasteiger partial charge in [-0.3, -0.25) is 9.59 Å². The minimum Gasteiger partial charge on any atom is -0.350 e. The third kappa shape index (κ3) is 1.40. The molecule has 1 aliphatic heterocycles. The first-order valence-electron chi connectivity index (χ1n) is 4.59. The number of hydrogen-bond acceptors (Lipinski definition) is 2. The monoisotopic (exact) mass is 267 g/mol. The van der Waals surface area contributed by atoms with Crippen molar-refractivity contribution in [2.24, 2.45) is 10.2 Å². The molecule has 0 saturated carbocycles. The molecule has 7 heteroatoms. The van der Waals surface area contributed by atoms with Gasteiger partial charge in [-0.25, -0.2) is 0 Å². The standard InChI is InChI=1S/C10H3Cl2N3O2/c11-3-1-4(12)6-5(2-3)13-8-7(6)9(16)14-15-10(8)17/h1-2,13H. The summed E-state index contributed by atoms with van der Waals surface area (Å²) in [6.07, 6.45) is 0. The number of azo groups is 1. The Morgan fingerprint density at radius 1 is 1.06 bits per heavy atom. The van der Waals surface area contributed by atoms with Crippen LogP contribution in [0.4, 0.5) is 0 Å². The SMILES string of the molecule is O=C1N=NC(=O)c2c1[nH]c1cc(Cl)cc(Cl)c21. The largest absolute Gasteiger partial charge is 0.350 e. The highest BCUT2D eigenvalue weighted by Crippen LogP contribution is 2.34. The maximum absolute atomic E-state index is 11.6. The van der Waals surface area contributed by atoms with Crippen LogP contribution in [0.2, 0.25) is 10.0 Å². The highest BCUT2D eigenvalue weighted by atomic mass is 35.5. The van der Waals surface area contributed by atoms with E-state index in [-0.39, 0.29) is 11.3 Å². The Labute approximate surface area is 104 Å². The van der Waals surface area contributed by atoms with Gasteiger partial charge in [-0.1, -0.05) is 23.2 Å². The van der Waals surface area contributed by atoms with Crippen molar-refractivity contribution in [2.75, 3.05) is 0 Å². The van der Waals surface area contributed by atoms with Crippen molar-refractivity contribution in [1.82, 2.24) is 4.98 Å². The second-order valence-corrected chi connectivity index (χ2v) is 4.34. The van der Waals surface area contributed by atoms with Crippen LogP contribution in [0.1, 0.15) is 20.8 Å². The fourth-order valence-electron chi connectivity index (χ4n) is 1.81. The highest BCUT2D eigenvalue weighted by molar-refractivity contribution is 6.40. The first-order valence-corrected chi connectivity index (χ1v) is 5.34. The van der Waals surface area contributed by atoms with Gasteiger partial charge in [0.25, 0.3) is 5.91 Å². The Morgan fingerprint density at radius 3 is 2.53 bits per heavy atom. The molecule has 0 radical (unpaired) electrons. The molecule has 2 heterocycles. The topological polar surface area (TPSA) is 74.7 Å². The van der Waals surface area contributed by atoms with Gasteiger partial charge in [0, 0.05) is 15.9 Å². The van der Waals surface area contributed by atoms with E-state index in [1.54, 1.807) is 6.07 Å². The van der Waals surface area contributed by atoms with Crippen molar-refractivity contribution in [1.29, 1.82) is 0 Å². The molecule has 1 aromatic heterocycles. The van der Waals surface area contributed by atoms with E-state index in [2.05, 4.69) is 15.2 Å². The summed E-state index contributed by atoms with van der Waals surface area (Å²) in [6, 6.07) is 3.09. The van der Waals surface area contributed by atoms with Crippen molar-refractivity contribution in [3.63, 3.8) is 0 Å². The van der Waals surface area contributed by atoms with Crippen molar-refractivity contribution in [3.8, 4) is 0 Å². The molecule has 5 nitrogen and oxygen atoms in total. The lowest BCUT2D eigenvalue weighted by Gasteiger charge is -2.01. The van der Waals surface area contributed by atoms with Crippen LogP contribution in [0.15, 0.2) is 22.4 Å². The number of rotatable bonds is 0. The van der Waals surface area contributed by atoms with E-state index >= 15 is 0 Å². The average Bonchev–Trinajstić information content (AvgIpc) is 2.64. The fraction of sp³-hybridized carbons (Fsp3) is 0. The molecule has 1 aromatic carbocycles. The number of halogens is 2. The number of nitrogens with zero attached hydrogens (tertiary/aromatic N) is 2. The molecule has 0 fully saturated rings. The molecular formula is C10H3Cl2N3O2. The van der Waals surface area contributed by atoms with Crippen LogP contribution in [0.5, 0.6) is 0 Å². The first kappa shape index (κ1) is 10.4. The number of H-pyrrole nitrogens is 1. The van der Waals surface area contributed by atoms with E-state index in [4.69, 9.17) is 23.2 Å². The van der Waals surface area contributed by atoms with Crippen LogP contribution in [-0.4, -0.2) is 16.8 Å². The lowest BCUT2D eigenvalue weighted by Crippen LogP contribution is -2.09. The molecule has 2 aromatic rings. The summed E-state index contributed by atoms with van der Waals surface area (Å²) in [5.41, 5.74) is 0.771. The van der Waals surface area contributed by atoms with Crippen LogP contribution < -0.4 is 0 Å². The van der Waals surface area contributed by atoms with E-state index in [0.717, 1.165) is 0 Å². The fourth-order valence-corrected chi connectivity index (χ4v) is 2.40. The predicted molar refractivity (Wildman–Crippen MR) is 61.8 cm³/mol. The maximum Gasteiger partial charge on any atom is 0.312 e. The van der Waals surface area contributed by atoms with Crippen molar-refractivity contribution in [3.05, 3.63) is 33.4 Å². The summed E-state index contributed by atoms with van der Waals surface area (Å²) in [5.74, 6) is -1.18. The molecule has 0 saturated heterocycles. The first-order chi connectivity index (χ1) is 8.08. The lowest BCUT2D eigenvalue weighted by molar-refractivity contribution is 0.0919. The molecule has 0 aliphatic carbocycles. The summed E-state index contributed by atoms with van der Waals surface area (Å²) in [7, 11) is 0. The zero-order valence-corrected chi connectivity index (χ0v) is 9.63. The maximum atomic E-state index is 11.6. The molecule has 0 atom stereocenters. The highest BCUT2D eigenvalue weighted by Gasteiger charge is 2.28. The minimum absolute atomic E-state index is 0.101. The number of aromatic nitrogens is 1. The van der Waals surface area contributed by atoms with Crippen LogP contribution in [-0.2, 0) is 0 Å². The van der Waals surface area contributed by atoms with E-state index in [0.29, 0.717) is 20.9 Å². The molecule has 0 unspecified atom stereocenters. The summed E-state index contributed by atoms with van der Waals surface area (Å²) in [6.45, 7) is 0. The number of carbonyl (C=O) groups excluding carboxylic acids is 2. The summed E-state index contributed by atoms with van der Waals surface area (Å²) in [5, 5.41) is 7.65. The van der Waals surface area contributed by atoms with E-state index in [9.17, 15) is 9.59 Å². The Balaban J connectivity index is 2.49. The Hall–Kier alpha value is -1.72. The van der Waals surface area contributed by atoms with Crippen LogP contribution >= 0.6 is 23.2 Å². The lowest BCUT2D eigenvalue weighted by atomic mass is 10.1. The Morgan fingerprint density at radius 2 is 1.76 bits per heavy atom. The average molecular weight is 268 g/mol. The zero-order valence-electron chi connectivity index (χ0n) is 8.12. The van der Waals surface area contributed by atoms with E-state index in [1.807, 2.05) is 0 Å². The third-order valence-electron chi connectivity index (χ3n) is 2.47. The summed E-state index contributed by atoms with van der Waals surface area (Å²) < 4.78 is 0. The van der Waals surface area contributed by atoms with E-state index < -0.39 is 11.8 Å². The molecule has 1 N–H and O–H groups in total. The summed E-state index contributed by atoms with van der Waals surface area (Å²) >= 11 is 11.9. The van der Waals surface area contributed by atoms with Gasteiger partial charge in [-0.2, -0.15) is 0 Å². The smallest absolute Gasteiger partial charge is 0.312 e. The molecule has 17 heavy (non-hydrogen) atoms. The number of nitrogens with one attached hydrogen (secondary N) is 1.